The summed E-state index contributed by atoms with van der Waals surface area (Å²) in [5.74, 6) is 1.01. The second-order valence-electron chi connectivity index (χ2n) is 3.46. The Labute approximate surface area is 79.0 Å². The molecule has 1 aromatic carbocycles. The van der Waals surface area contributed by atoms with Gasteiger partial charge in [0.05, 0.1) is 7.11 Å². The third-order valence-corrected chi connectivity index (χ3v) is 2.53. The molecule has 0 saturated carbocycles. The van der Waals surface area contributed by atoms with Gasteiger partial charge in [0.25, 0.3) is 0 Å². The van der Waals surface area contributed by atoms with E-state index in [1.165, 1.54) is 16.7 Å². The van der Waals surface area contributed by atoms with Crippen molar-refractivity contribution in [1.82, 2.24) is 0 Å². The molecular formula is C12H14O. The Morgan fingerprint density at radius 1 is 1.31 bits per heavy atom. The molecule has 1 aromatic rings. The van der Waals surface area contributed by atoms with Crippen LogP contribution >= 0.6 is 0 Å². The summed E-state index contributed by atoms with van der Waals surface area (Å²) in [5, 5.41) is 0. The Hall–Kier alpha value is -1.24. The largest absolute Gasteiger partial charge is 0.496 e. The molecule has 1 aliphatic carbocycles. The molecule has 0 radical (unpaired) electrons. The molecule has 13 heavy (non-hydrogen) atoms. The smallest absolute Gasteiger partial charge is 0.122 e. The third kappa shape index (κ3) is 1.46. The SMILES string of the molecule is COc1cc2c(cc1C)C=CCC2. The van der Waals surface area contributed by atoms with Gasteiger partial charge in [-0.1, -0.05) is 12.2 Å². The molecule has 1 heteroatoms. The lowest BCUT2D eigenvalue weighted by Gasteiger charge is -2.13. The number of aryl methyl sites for hydroxylation is 2. The number of allylic oxidation sites excluding steroid dienone is 1. The summed E-state index contributed by atoms with van der Waals surface area (Å²) < 4.78 is 5.29. The summed E-state index contributed by atoms with van der Waals surface area (Å²) in [6.45, 7) is 2.08. The van der Waals surface area contributed by atoms with Crippen molar-refractivity contribution in [1.29, 1.82) is 0 Å². The predicted molar refractivity (Wildman–Crippen MR) is 55.1 cm³/mol. The molecule has 1 nitrogen and oxygen atoms in total. The standard InChI is InChI=1S/C12H14O/c1-9-7-10-5-3-4-6-11(10)8-12(9)13-2/h3,5,7-8H,4,6H2,1-2H3. The highest BCUT2D eigenvalue weighted by Crippen LogP contribution is 2.27. The van der Waals surface area contributed by atoms with Crippen molar-refractivity contribution in [2.45, 2.75) is 19.8 Å². The predicted octanol–water partition coefficient (Wildman–Crippen LogP) is 2.96. The average Bonchev–Trinajstić information content (AvgIpc) is 2.17. The maximum absolute atomic E-state index is 5.29. The maximum Gasteiger partial charge on any atom is 0.122 e. The normalized spacial score (nSPS) is 14.0. The molecule has 0 spiro atoms. The summed E-state index contributed by atoms with van der Waals surface area (Å²) in [4.78, 5) is 0. The van der Waals surface area contributed by atoms with Crippen molar-refractivity contribution in [3.63, 3.8) is 0 Å². The second-order valence-corrected chi connectivity index (χ2v) is 3.46. The topological polar surface area (TPSA) is 9.23 Å². The third-order valence-electron chi connectivity index (χ3n) is 2.53. The van der Waals surface area contributed by atoms with Gasteiger partial charge in [-0.25, -0.2) is 0 Å². The zero-order chi connectivity index (χ0) is 9.26. The van der Waals surface area contributed by atoms with Gasteiger partial charge in [0, 0.05) is 0 Å². The van der Waals surface area contributed by atoms with Gasteiger partial charge in [-0.3, -0.25) is 0 Å². The summed E-state index contributed by atoms with van der Waals surface area (Å²) in [5.41, 5.74) is 3.97. The van der Waals surface area contributed by atoms with Crippen LogP contribution in [0.2, 0.25) is 0 Å². The Morgan fingerprint density at radius 3 is 2.92 bits per heavy atom. The molecule has 0 saturated heterocycles. The molecule has 0 heterocycles. The zero-order valence-corrected chi connectivity index (χ0v) is 8.13. The van der Waals surface area contributed by atoms with Crippen molar-refractivity contribution < 1.29 is 4.74 Å². The van der Waals surface area contributed by atoms with E-state index in [4.69, 9.17) is 4.74 Å². The van der Waals surface area contributed by atoms with E-state index in [9.17, 15) is 0 Å². The molecule has 2 rings (SSSR count). The van der Waals surface area contributed by atoms with Gasteiger partial charge in [-0.05, 0) is 48.6 Å². The first-order valence-corrected chi connectivity index (χ1v) is 4.65. The number of fused-ring (bicyclic) bond motifs is 1. The molecule has 68 valence electrons. The number of ether oxygens (including phenoxy) is 1. The molecule has 0 aliphatic heterocycles. The summed E-state index contributed by atoms with van der Waals surface area (Å²) >= 11 is 0. The van der Waals surface area contributed by atoms with E-state index in [0.717, 1.165) is 18.6 Å². The van der Waals surface area contributed by atoms with Gasteiger partial charge >= 0.3 is 0 Å². The molecule has 0 N–H and O–H groups in total. The van der Waals surface area contributed by atoms with E-state index < -0.39 is 0 Å². The summed E-state index contributed by atoms with van der Waals surface area (Å²) in [6.07, 6.45) is 6.72. The van der Waals surface area contributed by atoms with E-state index >= 15 is 0 Å². The van der Waals surface area contributed by atoms with E-state index in [2.05, 4.69) is 31.2 Å². The minimum atomic E-state index is 1.01. The van der Waals surface area contributed by atoms with Gasteiger partial charge in [0.1, 0.15) is 5.75 Å². The molecule has 0 bridgehead atoms. The fourth-order valence-electron chi connectivity index (χ4n) is 1.79. The van der Waals surface area contributed by atoms with Crippen LogP contribution in [0.3, 0.4) is 0 Å². The minimum absolute atomic E-state index is 1.01. The maximum atomic E-state index is 5.29. The Balaban J connectivity index is 2.52. The first kappa shape index (κ1) is 8.36. The first-order valence-electron chi connectivity index (χ1n) is 4.65. The summed E-state index contributed by atoms with van der Waals surface area (Å²) in [6, 6.07) is 4.36. The summed E-state index contributed by atoms with van der Waals surface area (Å²) in [7, 11) is 1.73. The number of methoxy groups -OCH3 is 1. The van der Waals surface area contributed by atoms with Gasteiger partial charge in [-0.15, -0.1) is 0 Å². The van der Waals surface area contributed by atoms with Gasteiger partial charge in [0.2, 0.25) is 0 Å². The van der Waals surface area contributed by atoms with E-state index in [1.807, 2.05) is 0 Å². The lowest BCUT2D eigenvalue weighted by atomic mass is 9.95. The molecule has 0 aromatic heterocycles. The van der Waals surface area contributed by atoms with Crippen molar-refractivity contribution >= 4 is 6.08 Å². The van der Waals surface area contributed by atoms with E-state index in [0.29, 0.717) is 0 Å². The van der Waals surface area contributed by atoms with Crippen LogP contribution in [0.1, 0.15) is 23.1 Å². The highest BCUT2D eigenvalue weighted by molar-refractivity contribution is 5.59. The average molecular weight is 174 g/mol. The minimum Gasteiger partial charge on any atom is -0.496 e. The van der Waals surface area contributed by atoms with Gasteiger partial charge in [-0.2, -0.15) is 0 Å². The monoisotopic (exact) mass is 174 g/mol. The number of benzene rings is 1. The number of hydrogen-bond acceptors (Lipinski definition) is 1. The number of hydrogen-bond donors (Lipinski definition) is 0. The van der Waals surface area contributed by atoms with Crippen molar-refractivity contribution in [2.75, 3.05) is 7.11 Å². The van der Waals surface area contributed by atoms with Crippen LogP contribution in [0.15, 0.2) is 18.2 Å². The van der Waals surface area contributed by atoms with Crippen LogP contribution in [0.4, 0.5) is 0 Å². The Morgan fingerprint density at radius 2 is 2.15 bits per heavy atom. The van der Waals surface area contributed by atoms with Crippen LogP contribution in [-0.2, 0) is 6.42 Å². The fourth-order valence-corrected chi connectivity index (χ4v) is 1.79. The van der Waals surface area contributed by atoms with Crippen LogP contribution in [0, 0.1) is 6.92 Å². The highest BCUT2D eigenvalue weighted by Gasteiger charge is 2.07. The Kier molecular flexibility index (Phi) is 2.09. The molecule has 0 fully saturated rings. The fraction of sp³-hybridized carbons (Fsp3) is 0.333. The quantitative estimate of drug-likeness (QED) is 0.636. The van der Waals surface area contributed by atoms with Crippen LogP contribution in [-0.4, -0.2) is 7.11 Å². The molecule has 0 unspecified atom stereocenters. The van der Waals surface area contributed by atoms with Gasteiger partial charge in [0.15, 0.2) is 0 Å². The van der Waals surface area contributed by atoms with Crippen LogP contribution in [0.5, 0.6) is 5.75 Å². The van der Waals surface area contributed by atoms with Crippen molar-refractivity contribution in [3.8, 4) is 5.75 Å². The lowest BCUT2D eigenvalue weighted by molar-refractivity contribution is 0.411. The molecule has 0 atom stereocenters. The highest BCUT2D eigenvalue weighted by atomic mass is 16.5. The molecular weight excluding hydrogens is 160 g/mol. The number of rotatable bonds is 1. The first-order chi connectivity index (χ1) is 6.31. The zero-order valence-electron chi connectivity index (χ0n) is 8.13. The van der Waals surface area contributed by atoms with Crippen LogP contribution < -0.4 is 4.74 Å². The van der Waals surface area contributed by atoms with E-state index in [1.54, 1.807) is 7.11 Å². The van der Waals surface area contributed by atoms with Crippen molar-refractivity contribution in [3.05, 3.63) is 34.9 Å². The molecule has 1 aliphatic rings. The van der Waals surface area contributed by atoms with Crippen molar-refractivity contribution in [2.24, 2.45) is 0 Å². The van der Waals surface area contributed by atoms with Gasteiger partial charge < -0.3 is 4.74 Å². The Bertz CT molecular complexity index is 350. The second kappa shape index (κ2) is 3.25. The molecule has 0 amide bonds. The van der Waals surface area contributed by atoms with Crippen LogP contribution in [0.25, 0.3) is 6.08 Å². The van der Waals surface area contributed by atoms with E-state index in [-0.39, 0.29) is 0 Å². The lowest BCUT2D eigenvalue weighted by Crippen LogP contribution is -1.97.